The van der Waals surface area contributed by atoms with Crippen molar-refractivity contribution >= 4 is 31.0 Å². The first-order valence-electron chi connectivity index (χ1n) is 7.22. The average molecular weight is 234 g/mol. The molecule has 0 heterocycles. The summed E-state index contributed by atoms with van der Waals surface area (Å²) in [6.07, 6.45) is 13.1. The molecule has 16 heavy (non-hydrogen) atoms. The molecule has 90 valence electrons. The number of carbonyl (C=O) groups excluding carboxylic acids is 1. The Morgan fingerprint density at radius 3 is 1.88 bits per heavy atom. The van der Waals surface area contributed by atoms with Crippen LogP contribution >= 0.6 is 0 Å². The Morgan fingerprint density at radius 2 is 1.44 bits per heavy atom. The van der Waals surface area contributed by atoms with Crippen LogP contribution in [0.25, 0.3) is 0 Å². The molecule has 0 fully saturated rings. The van der Waals surface area contributed by atoms with E-state index in [0.29, 0.717) is 8.95 Å². The molecule has 0 aromatic carbocycles. The third-order valence-electron chi connectivity index (χ3n) is 3.47. The van der Waals surface area contributed by atoms with Gasteiger partial charge in [-0.05, 0) is 0 Å². The average Bonchev–Trinajstić information content (AvgIpc) is 2.26. The second-order valence-corrected chi connectivity index (χ2v) is 5.96. The summed E-state index contributed by atoms with van der Waals surface area (Å²) in [5.41, 5.74) is 0. The third-order valence-corrected chi connectivity index (χ3v) is 4.29. The zero-order chi connectivity index (χ0) is 12.2. The van der Waals surface area contributed by atoms with Crippen molar-refractivity contribution in [1.29, 1.82) is 0 Å². The molecule has 0 amide bonds. The molecular formula is C14H27NaO. The fraction of sp³-hybridized carbons (Fsp3) is 0.929. The van der Waals surface area contributed by atoms with Gasteiger partial charge < -0.3 is 0 Å². The molecule has 0 aliphatic heterocycles. The molecule has 0 aromatic heterocycles. The van der Waals surface area contributed by atoms with Crippen LogP contribution in [0.15, 0.2) is 0 Å². The molecule has 0 rings (SSSR count). The Kier molecular flexibility index (Phi) is 12.6. The van der Waals surface area contributed by atoms with Crippen LogP contribution in [0.2, 0.25) is 0 Å². The summed E-state index contributed by atoms with van der Waals surface area (Å²) in [5, 5.41) is 0. The van der Waals surface area contributed by atoms with Crippen LogP contribution < -0.4 is 0 Å². The van der Waals surface area contributed by atoms with Gasteiger partial charge in [0, 0.05) is 0 Å². The predicted octanol–water partition coefficient (Wildman–Crippen LogP) is 4.24. The minimum absolute atomic E-state index is 0.395. The quantitative estimate of drug-likeness (QED) is 0.386. The molecule has 0 saturated heterocycles. The first kappa shape index (κ1) is 16.7. The van der Waals surface area contributed by atoms with Crippen molar-refractivity contribution in [2.45, 2.75) is 78.1 Å². The molecular weight excluding hydrogens is 207 g/mol. The summed E-state index contributed by atoms with van der Waals surface area (Å²) < 4.78 is 0.519. The van der Waals surface area contributed by atoms with E-state index in [0.717, 1.165) is 40.8 Å². The molecule has 0 N–H and O–H groups in total. The van der Waals surface area contributed by atoms with E-state index in [1.807, 2.05) is 0 Å². The molecule has 0 bridgehead atoms. The maximum atomic E-state index is 11.3. The van der Waals surface area contributed by atoms with Crippen molar-refractivity contribution < 1.29 is 4.79 Å². The minimum atomic E-state index is 0.395. The van der Waals surface area contributed by atoms with E-state index in [9.17, 15) is 4.79 Å². The SMILES string of the molecule is CCCCCCCCCCC(CC)[C](=O)[Na]. The number of carbonyl (C=O) groups is 1. The number of hydrogen-bond acceptors (Lipinski definition) is 1. The van der Waals surface area contributed by atoms with Crippen molar-refractivity contribution in [2.24, 2.45) is 5.92 Å². The van der Waals surface area contributed by atoms with Crippen LogP contribution in [0, 0.1) is 5.92 Å². The Hall–Kier alpha value is 0.670. The van der Waals surface area contributed by atoms with E-state index >= 15 is 0 Å². The van der Waals surface area contributed by atoms with Gasteiger partial charge in [0.1, 0.15) is 0 Å². The van der Waals surface area contributed by atoms with Crippen molar-refractivity contribution in [3.05, 3.63) is 0 Å². The van der Waals surface area contributed by atoms with Crippen LogP contribution in [0.5, 0.6) is 0 Å². The van der Waals surface area contributed by atoms with E-state index in [1.54, 1.807) is 0 Å². The van der Waals surface area contributed by atoms with E-state index in [4.69, 9.17) is 0 Å². The number of hydrogen-bond donors (Lipinski definition) is 0. The Bertz CT molecular complexity index is 168. The first-order valence-corrected chi connectivity index (χ1v) is 8.22. The van der Waals surface area contributed by atoms with Crippen LogP contribution in [0.4, 0.5) is 0 Å². The normalized spacial score (nSPS) is 12.8. The van der Waals surface area contributed by atoms with E-state index in [1.165, 1.54) is 51.4 Å². The second kappa shape index (κ2) is 12.1. The number of unbranched alkanes of at least 4 members (excludes halogenated alkanes) is 7. The van der Waals surface area contributed by atoms with E-state index in [-0.39, 0.29) is 0 Å². The predicted molar refractivity (Wildman–Crippen MR) is 71.8 cm³/mol. The Morgan fingerprint density at radius 1 is 0.938 bits per heavy atom. The second-order valence-electron chi connectivity index (χ2n) is 4.98. The van der Waals surface area contributed by atoms with E-state index < -0.39 is 0 Å². The molecule has 0 aromatic rings. The molecule has 1 atom stereocenters. The zero-order valence-electron chi connectivity index (χ0n) is 11.6. The third kappa shape index (κ3) is 9.86. The summed E-state index contributed by atoms with van der Waals surface area (Å²) in [6.45, 7) is 4.40. The molecule has 0 radical (unpaired) electrons. The van der Waals surface area contributed by atoms with Crippen molar-refractivity contribution in [2.75, 3.05) is 0 Å². The van der Waals surface area contributed by atoms with Crippen LogP contribution in [-0.4, -0.2) is 31.0 Å². The topological polar surface area (TPSA) is 17.1 Å². The van der Waals surface area contributed by atoms with Crippen molar-refractivity contribution in [1.82, 2.24) is 0 Å². The molecule has 0 saturated carbocycles. The van der Waals surface area contributed by atoms with Gasteiger partial charge in [-0.1, -0.05) is 0 Å². The summed E-state index contributed by atoms with van der Waals surface area (Å²) in [6, 6.07) is 0. The molecule has 0 aliphatic carbocycles. The van der Waals surface area contributed by atoms with Gasteiger partial charge in [-0.25, -0.2) is 0 Å². The molecule has 1 unspecified atom stereocenters. The van der Waals surface area contributed by atoms with Gasteiger partial charge in [-0.2, -0.15) is 0 Å². The molecule has 0 spiro atoms. The maximum absolute atomic E-state index is 11.3. The molecule has 2 heteroatoms. The summed E-state index contributed by atoms with van der Waals surface area (Å²) in [4.78, 5) is 11.3. The standard InChI is InChI=1S/C14H27O.Na/c1-3-5-6-7-8-9-10-11-12-14(4-2)13-15;/h14H,3-12H2,1-2H3;. The van der Waals surface area contributed by atoms with Crippen LogP contribution in [0.3, 0.4) is 0 Å². The van der Waals surface area contributed by atoms with Gasteiger partial charge in [-0.3, -0.25) is 0 Å². The van der Waals surface area contributed by atoms with Gasteiger partial charge in [-0.15, -0.1) is 0 Å². The summed E-state index contributed by atoms with van der Waals surface area (Å²) in [7, 11) is 0. The Labute approximate surface area is 119 Å². The van der Waals surface area contributed by atoms with Crippen LogP contribution in [-0.2, 0) is 4.79 Å². The van der Waals surface area contributed by atoms with Gasteiger partial charge >= 0.3 is 120 Å². The van der Waals surface area contributed by atoms with Gasteiger partial charge in [0.15, 0.2) is 0 Å². The number of rotatable bonds is 11. The molecule has 1 nitrogen and oxygen atoms in total. The summed E-state index contributed by atoms with van der Waals surface area (Å²) in [5.74, 6) is 0.395. The van der Waals surface area contributed by atoms with Crippen molar-refractivity contribution in [3.63, 3.8) is 0 Å². The zero-order valence-corrected chi connectivity index (χ0v) is 13.6. The fourth-order valence-electron chi connectivity index (χ4n) is 2.22. The Balaban J connectivity index is 3.22. The van der Waals surface area contributed by atoms with Gasteiger partial charge in [0.2, 0.25) is 0 Å². The van der Waals surface area contributed by atoms with Crippen LogP contribution in [0.1, 0.15) is 78.1 Å². The summed E-state index contributed by atoms with van der Waals surface area (Å²) >= 11 is 0.744. The van der Waals surface area contributed by atoms with Crippen molar-refractivity contribution in [3.8, 4) is 0 Å². The molecule has 0 aliphatic rings. The first-order chi connectivity index (χ1) is 7.72. The monoisotopic (exact) mass is 234 g/mol. The fourth-order valence-corrected chi connectivity index (χ4v) is 2.92. The van der Waals surface area contributed by atoms with Gasteiger partial charge in [0.25, 0.3) is 0 Å². The van der Waals surface area contributed by atoms with Gasteiger partial charge in [0.05, 0.1) is 0 Å². The van der Waals surface area contributed by atoms with E-state index in [2.05, 4.69) is 13.8 Å².